The van der Waals surface area contributed by atoms with E-state index in [1.807, 2.05) is 12.1 Å². The van der Waals surface area contributed by atoms with Crippen molar-refractivity contribution in [3.8, 4) is 5.75 Å². The van der Waals surface area contributed by atoms with E-state index in [0.29, 0.717) is 36.6 Å². The average Bonchev–Trinajstić information content (AvgIpc) is 3.07. The highest BCUT2D eigenvalue weighted by molar-refractivity contribution is 6.04. The smallest absolute Gasteiger partial charge is 0.255 e. The summed E-state index contributed by atoms with van der Waals surface area (Å²) in [5, 5.41) is 2.84. The van der Waals surface area contributed by atoms with E-state index in [1.54, 1.807) is 41.3 Å². The van der Waals surface area contributed by atoms with Gasteiger partial charge in [-0.25, -0.2) is 0 Å². The van der Waals surface area contributed by atoms with Crippen molar-refractivity contribution in [2.24, 2.45) is 5.73 Å². The lowest BCUT2D eigenvalue weighted by Gasteiger charge is -2.15. The molecule has 0 atom stereocenters. The van der Waals surface area contributed by atoms with Crippen LogP contribution in [-0.4, -0.2) is 31.5 Å². The van der Waals surface area contributed by atoms with Crippen LogP contribution in [-0.2, 0) is 4.79 Å². The number of halogens is 1. The van der Waals surface area contributed by atoms with Gasteiger partial charge in [0.15, 0.2) is 0 Å². The molecule has 1 fully saturated rings. The normalized spacial score (nSPS) is 13.3. The second kappa shape index (κ2) is 9.22. The molecular weight excluding hydrogens is 354 g/mol. The molecule has 6 nitrogen and oxygen atoms in total. The Labute approximate surface area is 158 Å². The summed E-state index contributed by atoms with van der Waals surface area (Å²) in [5.41, 5.74) is 7.45. The van der Waals surface area contributed by atoms with Crippen LogP contribution in [0.25, 0.3) is 0 Å². The molecule has 3 N–H and O–H groups in total. The minimum absolute atomic E-state index is 0. The highest BCUT2D eigenvalue weighted by atomic mass is 35.5. The van der Waals surface area contributed by atoms with Gasteiger partial charge in [0, 0.05) is 36.4 Å². The van der Waals surface area contributed by atoms with Gasteiger partial charge in [0.05, 0.1) is 0 Å². The predicted octanol–water partition coefficient (Wildman–Crippen LogP) is 2.83. The van der Waals surface area contributed by atoms with E-state index >= 15 is 0 Å². The van der Waals surface area contributed by atoms with Gasteiger partial charge < -0.3 is 20.7 Å². The Hall–Kier alpha value is -2.57. The SMILES string of the molecule is Cl.NCCOc1ccc(NC(=O)c2ccc(N3CCCC3=O)cc2)cc1. The van der Waals surface area contributed by atoms with Crippen molar-refractivity contribution in [3.05, 3.63) is 54.1 Å². The van der Waals surface area contributed by atoms with Crippen LogP contribution in [0.4, 0.5) is 11.4 Å². The zero-order chi connectivity index (χ0) is 17.6. The number of nitrogens with two attached hydrogens (primary N) is 1. The average molecular weight is 376 g/mol. The third kappa shape index (κ3) is 4.74. The van der Waals surface area contributed by atoms with Crippen molar-refractivity contribution in [2.75, 3.05) is 29.9 Å². The standard InChI is InChI=1S/C19H21N3O3.ClH/c20-11-13-25-17-9-5-15(6-10-17)21-19(24)14-3-7-16(8-4-14)22-12-1-2-18(22)23;/h3-10H,1-2,11-13,20H2,(H,21,24);1H. The molecule has 1 saturated heterocycles. The first-order valence-electron chi connectivity index (χ1n) is 8.32. The first kappa shape index (κ1) is 19.8. The number of benzene rings is 2. The summed E-state index contributed by atoms with van der Waals surface area (Å²) in [6.45, 7) is 1.65. The molecule has 0 unspecified atom stereocenters. The number of hydrogen-bond donors (Lipinski definition) is 2. The lowest BCUT2D eigenvalue weighted by molar-refractivity contribution is -0.117. The maximum atomic E-state index is 12.3. The van der Waals surface area contributed by atoms with Gasteiger partial charge in [-0.1, -0.05) is 0 Å². The van der Waals surface area contributed by atoms with Gasteiger partial charge in [-0.2, -0.15) is 0 Å². The number of ether oxygens (including phenoxy) is 1. The van der Waals surface area contributed by atoms with Gasteiger partial charge in [-0.3, -0.25) is 9.59 Å². The Morgan fingerprint density at radius 1 is 1.12 bits per heavy atom. The van der Waals surface area contributed by atoms with Crippen molar-refractivity contribution in [2.45, 2.75) is 12.8 Å². The zero-order valence-corrected chi connectivity index (χ0v) is 15.1. The fraction of sp³-hybridized carbons (Fsp3) is 0.263. The molecule has 2 aromatic rings. The molecule has 7 heteroatoms. The molecule has 0 aliphatic carbocycles. The second-order valence-corrected chi connectivity index (χ2v) is 5.81. The molecule has 2 aromatic carbocycles. The van der Waals surface area contributed by atoms with E-state index in [1.165, 1.54) is 0 Å². The van der Waals surface area contributed by atoms with Gasteiger partial charge >= 0.3 is 0 Å². The van der Waals surface area contributed by atoms with Crippen LogP contribution >= 0.6 is 12.4 Å². The number of rotatable bonds is 6. The maximum absolute atomic E-state index is 12.3. The summed E-state index contributed by atoms with van der Waals surface area (Å²) in [7, 11) is 0. The zero-order valence-electron chi connectivity index (χ0n) is 14.3. The highest BCUT2D eigenvalue weighted by Crippen LogP contribution is 2.22. The van der Waals surface area contributed by atoms with Crippen molar-refractivity contribution in [1.29, 1.82) is 0 Å². The Bertz CT molecular complexity index is 748. The number of hydrogen-bond acceptors (Lipinski definition) is 4. The Morgan fingerprint density at radius 2 is 1.81 bits per heavy atom. The molecule has 138 valence electrons. The number of nitrogens with one attached hydrogen (secondary N) is 1. The minimum Gasteiger partial charge on any atom is -0.492 e. The lowest BCUT2D eigenvalue weighted by Crippen LogP contribution is -2.23. The number of nitrogens with zero attached hydrogens (tertiary/aromatic N) is 1. The van der Waals surface area contributed by atoms with E-state index in [9.17, 15) is 9.59 Å². The second-order valence-electron chi connectivity index (χ2n) is 5.81. The predicted molar refractivity (Wildman–Crippen MR) is 104 cm³/mol. The molecule has 1 aliphatic rings. The van der Waals surface area contributed by atoms with Gasteiger partial charge in [-0.05, 0) is 55.0 Å². The number of anilines is 2. The Balaban J connectivity index is 0.00000243. The van der Waals surface area contributed by atoms with Crippen LogP contribution in [0.3, 0.4) is 0 Å². The van der Waals surface area contributed by atoms with E-state index in [-0.39, 0.29) is 24.2 Å². The molecule has 0 bridgehead atoms. The van der Waals surface area contributed by atoms with Gasteiger partial charge in [0.25, 0.3) is 5.91 Å². The van der Waals surface area contributed by atoms with Crippen LogP contribution in [0.2, 0.25) is 0 Å². The quantitative estimate of drug-likeness (QED) is 0.813. The van der Waals surface area contributed by atoms with Gasteiger partial charge in [0.1, 0.15) is 12.4 Å². The molecule has 26 heavy (non-hydrogen) atoms. The number of carbonyl (C=O) groups is 2. The van der Waals surface area contributed by atoms with Crippen molar-refractivity contribution >= 4 is 35.6 Å². The highest BCUT2D eigenvalue weighted by Gasteiger charge is 2.21. The summed E-state index contributed by atoms with van der Waals surface area (Å²) in [6, 6.07) is 14.2. The minimum atomic E-state index is -0.199. The van der Waals surface area contributed by atoms with Gasteiger partial charge in [-0.15, -0.1) is 12.4 Å². The van der Waals surface area contributed by atoms with Crippen LogP contribution in [0.5, 0.6) is 5.75 Å². The first-order chi connectivity index (χ1) is 12.2. The van der Waals surface area contributed by atoms with E-state index in [4.69, 9.17) is 10.5 Å². The molecule has 0 spiro atoms. The van der Waals surface area contributed by atoms with Crippen molar-refractivity contribution in [1.82, 2.24) is 0 Å². The third-order valence-electron chi connectivity index (χ3n) is 4.01. The summed E-state index contributed by atoms with van der Waals surface area (Å²) in [4.78, 5) is 25.8. The van der Waals surface area contributed by atoms with E-state index in [0.717, 1.165) is 18.7 Å². The van der Waals surface area contributed by atoms with Crippen LogP contribution in [0.1, 0.15) is 23.2 Å². The molecular formula is C19H22ClN3O3. The Kier molecular flexibility index (Phi) is 7.00. The summed E-state index contributed by atoms with van der Waals surface area (Å²) in [6.07, 6.45) is 1.47. The third-order valence-corrected chi connectivity index (χ3v) is 4.01. The maximum Gasteiger partial charge on any atom is 0.255 e. The molecule has 1 heterocycles. The van der Waals surface area contributed by atoms with Crippen LogP contribution in [0, 0.1) is 0 Å². The Morgan fingerprint density at radius 3 is 2.38 bits per heavy atom. The van der Waals surface area contributed by atoms with Crippen LogP contribution < -0.4 is 20.7 Å². The topological polar surface area (TPSA) is 84.7 Å². The molecule has 0 aromatic heterocycles. The lowest BCUT2D eigenvalue weighted by atomic mass is 10.1. The van der Waals surface area contributed by atoms with Crippen LogP contribution in [0.15, 0.2) is 48.5 Å². The van der Waals surface area contributed by atoms with Crippen molar-refractivity contribution in [3.63, 3.8) is 0 Å². The monoisotopic (exact) mass is 375 g/mol. The molecule has 0 radical (unpaired) electrons. The number of amides is 2. The summed E-state index contributed by atoms with van der Waals surface area (Å²) < 4.78 is 5.40. The largest absolute Gasteiger partial charge is 0.492 e. The van der Waals surface area contributed by atoms with Gasteiger partial charge in [0.2, 0.25) is 5.91 Å². The molecule has 1 aliphatic heterocycles. The van der Waals surface area contributed by atoms with Crippen molar-refractivity contribution < 1.29 is 14.3 Å². The summed E-state index contributed by atoms with van der Waals surface area (Å²) in [5.74, 6) is 0.646. The fourth-order valence-corrected chi connectivity index (χ4v) is 2.73. The molecule has 2 amide bonds. The van der Waals surface area contributed by atoms with E-state index in [2.05, 4.69) is 5.32 Å². The summed E-state index contributed by atoms with van der Waals surface area (Å²) >= 11 is 0. The van der Waals surface area contributed by atoms with E-state index < -0.39 is 0 Å². The number of carbonyl (C=O) groups excluding carboxylic acids is 2. The fourth-order valence-electron chi connectivity index (χ4n) is 2.73. The molecule has 0 saturated carbocycles. The molecule has 3 rings (SSSR count). The first-order valence-corrected chi connectivity index (χ1v) is 8.32.